The highest BCUT2D eigenvalue weighted by Crippen LogP contribution is 2.39. The standard InChI is InChI=1S/C20H27N5O2S/c1-12(26)19-23-16-11-21-15-8-9-28-18(15)17(16)25(19)14-6-4-13(5-7-14)10-22-20(27)24(2)3/h8-9,11-14,26H,4-7,10H2,1-3H3,(H,22,27)/t12-,13?,14?/m1/s1. The monoisotopic (exact) mass is 401 g/mol. The van der Waals surface area contributed by atoms with Crippen molar-refractivity contribution < 1.29 is 9.90 Å². The van der Waals surface area contributed by atoms with Gasteiger partial charge in [-0.15, -0.1) is 11.3 Å². The van der Waals surface area contributed by atoms with Crippen LogP contribution in [0.5, 0.6) is 0 Å². The Morgan fingerprint density at radius 1 is 1.36 bits per heavy atom. The van der Waals surface area contributed by atoms with E-state index in [1.807, 2.05) is 12.3 Å². The summed E-state index contributed by atoms with van der Waals surface area (Å²) in [7, 11) is 3.52. The van der Waals surface area contributed by atoms with Crippen LogP contribution < -0.4 is 5.32 Å². The number of carbonyl (C=O) groups excluding carboxylic acids is 1. The van der Waals surface area contributed by atoms with Crippen LogP contribution in [-0.2, 0) is 0 Å². The molecule has 150 valence electrons. The summed E-state index contributed by atoms with van der Waals surface area (Å²) < 4.78 is 3.40. The maximum absolute atomic E-state index is 11.8. The lowest BCUT2D eigenvalue weighted by molar-refractivity contribution is 0.174. The maximum atomic E-state index is 11.8. The number of rotatable bonds is 4. The first-order valence-electron chi connectivity index (χ1n) is 9.83. The van der Waals surface area contributed by atoms with Crippen molar-refractivity contribution in [1.82, 2.24) is 24.8 Å². The van der Waals surface area contributed by atoms with Crippen molar-refractivity contribution in [2.75, 3.05) is 20.6 Å². The summed E-state index contributed by atoms with van der Waals surface area (Å²) in [6.07, 6.45) is 5.33. The number of aromatic nitrogens is 3. The molecule has 7 nitrogen and oxygen atoms in total. The van der Waals surface area contributed by atoms with Crippen LogP contribution in [0.25, 0.3) is 21.3 Å². The van der Waals surface area contributed by atoms with Gasteiger partial charge in [0.1, 0.15) is 17.4 Å². The van der Waals surface area contributed by atoms with E-state index in [1.54, 1.807) is 37.3 Å². The number of nitrogens with zero attached hydrogens (tertiary/aromatic N) is 4. The van der Waals surface area contributed by atoms with Crippen molar-refractivity contribution >= 4 is 38.6 Å². The van der Waals surface area contributed by atoms with Crippen molar-refractivity contribution in [2.45, 2.75) is 44.8 Å². The normalized spacial score (nSPS) is 21.1. The molecule has 0 aliphatic heterocycles. The number of hydrogen-bond donors (Lipinski definition) is 2. The van der Waals surface area contributed by atoms with Crippen molar-refractivity contribution in [3.05, 3.63) is 23.5 Å². The Labute approximate surface area is 168 Å². The third-order valence-electron chi connectivity index (χ3n) is 5.65. The van der Waals surface area contributed by atoms with E-state index in [4.69, 9.17) is 4.98 Å². The van der Waals surface area contributed by atoms with E-state index in [1.165, 1.54) is 0 Å². The molecule has 3 aromatic rings. The molecule has 0 saturated heterocycles. The number of pyridine rings is 1. The summed E-state index contributed by atoms with van der Waals surface area (Å²) in [5.74, 6) is 1.22. The van der Waals surface area contributed by atoms with Gasteiger partial charge in [-0.1, -0.05) is 0 Å². The lowest BCUT2D eigenvalue weighted by Crippen LogP contribution is -2.38. The van der Waals surface area contributed by atoms with Gasteiger partial charge in [0.2, 0.25) is 0 Å². The fraction of sp³-hybridized carbons (Fsp3) is 0.550. The summed E-state index contributed by atoms with van der Waals surface area (Å²) in [6.45, 7) is 2.50. The SMILES string of the molecule is C[C@@H](O)c1nc2cnc3ccsc3c2n1C1CCC(CNC(=O)N(C)C)CC1. The highest BCUT2D eigenvalue weighted by Gasteiger charge is 2.28. The van der Waals surface area contributed by atoms with Crippen LogP contribution in [0.4, 0.5) is 4.79 Å². The third-order valence-corrected chi connectivity index (χ3v) is 6.56. The van der Waals surface area contributed by atoms with Gasteiger partial charge in [-0.25, -0.2) is 9.78 Å². The highest BCUT2D eigenvalue weighted by atomic mass is 32.1. The fourth-order valence-corrected chi connectivity index (χ4v) is 5.05. The third kappa shape index (κ3) is 3.46. The number of carbonyl (C=O) groups is 1. The van der Waals surface area contributed by atoms with Crippen LogP contribution in [-0.4, -0.2) is 51.2 Å². The molecule has 0 unspecified atom stereocenters. The van der Waals surface area contributed by atoms with Crippen molar-refractivity contribution in [3.63, 3.8) is 0 Å². The van der Waals surface area contributed by atoms with Crippen molar-refractivity contribution in [2.24, 2.45) is 5.92 Å². The van der Waals surface area contributed by atoms with E-state index in [-0.39, 0.29) is 6.03 Å². The molecule has 28 heavy (non-hydrogen) atoms. The first-order chi connectivity index (χ1) is 13.5. The molecule has 0 radical (unpaired) electrons. The van der Waals surface area contributed by atoms with Crippen LogP contribution in [0.3, 0.4) is 0 Å². The van der Waals surface area contributed by atoms with Gasteiger partial charge >= 0.3 is 6.03 Å². The molecule has 1 aliphatic carbocycles. The second-order valence-electron chi connectivity index (χ2n) is 7.90. The molecule has 4 rings (SSSR count). The smallest absolute Gasteiger partial charge is 0.316 e. The second-order valence-corrected chi connectivity index (χ2v) is 8.81. The number of urea groups is 1. The van der Waals surface area contributed by atoms with Gasteiger partial charge in [-0.2, -0.15) is 0 Å². The minimum atomic E-state index is -0.625. The molecular weight excluding hydrogens is 374 g/mol. The summed E-state index contributed by atoms with van der Waals surface area (Å²) in [6, 6.07) is 2.30. The topological polar surface area (TPSA) is 83.3 Å². The molecular formula is C20H27N5O2S. The molecule has 2 N–H and O–H groups in total. The van der Waals surface area contributed by atoms with Gasteiger partial charge in [0.05, 0.1) is 21.9 Å². The Kier molecular flexibility index (Phi) is 5.25. The highest BCUT2D eigenvalue weighted by molar-refractivity contribution is 7.18. The van der Waals surface area contributed by atoms with Crippen LogP contribution >= 0.6 is 11.3 Å². The zero-order valence-corrected chi connectivity index (χ0v) is 17.4. The second kappa shape index (κ2) is 7.67. The minimum absolute atomic E-state index is 0.0355. The summed E-state index contributed by atoms with van der Waals surface area (Å²) in [5, 5.41) is 15.4. The average molecular weight is 402 g/mol. The van der Waals surface area contributed by atoms with E-state index in [2.05, 4.69) is 20.2 Å². The quantitative estimate of drug-likeness (QED) is 0.698. The van der Waals surface area contributed by atoms with Crippen LogP contribution in [0, 0.1) is 5.92 Å². The van der Waals surface area contributed by atoms with E-state index in [9.17, 15) is 9.90 Å². The van der Waals surface area contributed by atoms with E-state index >= 15 is 0 Å². The number of fused-ring (bicyclic) bond motifs is 3. The summed E-state index contributed by atoms with van der Waals surface area (Å²) in [4.78, 5) is 22.6. The zero-order valence-electron chi connectivity index (χ0n) is 16.6. The lowest BCUT2D eigenvalue weighted by atomic mass is 9.85. The van der Waals surface area contributed by atoms with Crippen molar-refractivity contribution in [1.29, 1.82) is 0 Å². The first-order valence-corrected chi connectivity index (χ1v) is 10.7. The van der Waals surface area contributed by atoms with E-state index < -0.39 is 6.10 Å². The molecule has 0 bridgehead atoms. The number of nitrogens with one attached hydrogen (secondary N) is 1. The largest absolute Gasteiger partial charge is 0.385 e. The number of aliphatic hydroxyl groups excluding tert-OH is 1. The summed E-state index contributed by atoms with van der Waals surface area (Å²) >= 11 is 1.68. The number of amides is 2. The lowest BCUT2D eigenvalue weighted by Gasteiger charge is -2.31. The molecule has 2 amide bonds. The van der Waals surface area contributed by atoms with Gasteiger partial charge < -0.3 is 19.9 Å². The Hall–Kier alpha value is -2.19. The Balaban J connectivity index is 1.58. The van der Waals surface area contributed by atoms with Gasteiger partial charge in [0, 0.05) is 26.7 Å². The molecule has 3 heterocycles. The van der Waals surface area contributed by atoms with Gasteiger partial charge in [0.15, 0.2) is 0 Å². The predicted octanol–water partition coefficient (Wildman–Crippen LogP) is 3.70. The molecule has 0 spiro atoms. The zero-order chi connectivity index (χ0) is 19.8. The van der Waals surface area contributed by atoms with Gasteiger partial charge in [0.25, 0.3) is 0 Å². The first kappa shape index (κ1) is 19.1. The number of thiophene rings is 1. The molecule has 0 aromatic carbocycles. The van der Waals surface area contributed by atoms with Gasteiger partial charge in [-0.05, 0) is 50.0 Å². The maximum Gasteiger partial charge on any atom is 0.316 e. The Morgan fingerprint density at radius 3 is 2.79 bits per heavy atom. The Morgan fingerprint density at radius 2 is 2.11 bits per heavy atom. The number of hydrogen-bond acceptors (Lipinski definition) is 5. The number of imidazole rings is 1. The van der Waals surface area contributed by atoms with E-state index in [0.717, 1.165) is 59.3 Å². The molecule has 1 atom stereocenters. The predicted molar refractivity (Wildman–Crippen MR) is 112 cm³/mol. The van der Waals surface area contributed by atoms with Crippen LogP contribution in [0.1, 0.15) is 50.6 Å². The van der Waals surface area contributed by atoms with Crippen molar-refractivity contribution in [3.8, 4) is 0 Å². The van der Waals surface area contributed by atoms with Crippen LogP contribution in [0.15, 0.2) is 17.6 Å². The fourth-order valence-electron chi connectivity index (χ4n) is 4.16. The van der Waals surface area contributed by atoms with Gasteiger partial charge in [-0.3, -0.25) is 4.98 Å². The minimum Gasteiger partial charge on any atom is -0.385 e. The molecule has 1 fully saturated rings. The van der Waals surface area contributed by atoms with Crippen LogP contribution in [0.2, 0.25) is 0 Å². The molecule has 1 saturated carbocycles. The number of aliphatic hydroxyl groups is 1. The molecule has 1 aliphatic rings. The Bertz CT molecular complexity index is 985. The molecule has 3 aromatic heterocycles. The average Bonchev–Trinajstić information content (AvgIpc) is 3.30. The van der Waals surface area contributed by atoms with E-state index in [0.29, 0.717) is 12.0 Å². The molecule has 8 heteroatoms. The summed E-state index contributed by atoms with van der Waals surface area (Å²) in [5.41, 5.74) is 2.93.